The Labute approximate surface area is 140 Å². The molecule has 1 saturated carbocycles. The highest BCUT2D eigenvalue weighted by molar-refractivity contribution is 9.10. The van der Waals surface area contributed by atoms with Crippen molar-refractivity contribution in [3.05, 3.63) is 28.2 Å². The molecule has 0 aliphatic heterocycles. The van der Waals surface area contributed by atoms with Gasteiger partial charge in [0.05, 0.1) is 22.1 Å². The Balaban J connectivity index is 1.98. The zero-order chi connectivity index (χ0) is 15.3. The molecule has 0 saturated heterocycles. The molecule has 1 aliphatic rings. The maximum atomic E-state index is 6.57. The van der Waals surface area contributed by atoms with Crippen LogP contribution in [0, 0.1) is 0 Å². The summed E-state index contributed by atoms with van der Waals surface area (Å²) in [7, 11) is 3.44. The predicted molar refractivity (Wildman–Crippen MR) is 88.3 cm³/mol. The monoisotopic (exact) mass is 376 g/mol. The first-order valence-electron chi connectivity index (χ1n) is 7.20. The molecule has 3 nitrogen and oxygen atoms in total. The van der Waals surface area contributed by atoms with Gasteiger partial charge in [0.15, 0.2) is 0 Å². The number of ether oxygens (including phenoxy) is 3. The minimum atomic E-state index is -0.0467. The maximum absolute atomic E-state index is 6.57. The Morgan fingerprint density at radius 3 is 2.57 bits per heavy atom. The lowest BCUT2D eigenvalue weighted by atomic mass is 9.76. The molecule has 1 atom stereocenters. The van der Waals surface area contributed by atoms with Crippen molar-refractivity contribution in [2.75, 3.05) is 27.4 Å². The van der Waals surface area contributed by atoms with Crippen molar-refractivity contribution in [2.24, 2.45) is 0 Å². The van der Waals surface area contributed by atoms with E-state index in [-0.39, 0.29) is 11.0 Å². The van der Waals surface area contributed by atoms with E-state index in [4.69, 9.17) is 25.8 Å². The molecule has 118 valence electrons. The van der Waals surface area contributed by atoms with Crippen molar-refractivity contribution in [3.63, 3.8) is 0 Å². The fourth-order valence-corrected chi connectivity index (χ4v) is 3.50. The Morgan fingerprint density at radius 2 is 2.05 bits per heavy atom. The van der Waals surface area contributed by atoms with Gasteiger partial charge in [0.25, 0.3) is 0 Å². The zero-order valence-electron chi connectivity index (χ0n) is 12.5. The molecule has 2 rings (SSSR count). The summed E-state index contributed by atoms with van der Waals surface area (Å²) in [4.78, 5) is 0. The van der Waals surface area contributed by atoms with Gasteiger partial charge in [-0.2, -0.15) is 0 Å². The van der Waals surface area contributed by atoms with Crippen molar-refractivity contribution in [1.82, 2.24) is 0 Å². The van der Waals surface area contributed by atoms with Crippen LogP contribution >= 0.6 is 27.5 Å². The number of hydrogen-bond donors (Lipinski definition) is 0. The van der Waals surface area contributed by atoms with Crippen LogP contribution in [0.1, 0.15) is 36.6 Å². The fourth-order valence-electron chi connectivity index (χ4n) is 2.57. The molecule has 0 N–H and O–H groups in total. The third-order valence-corrected chi connectivity index (χ3v) is 5.14. The van der Waals surface area contributed by atoms with Gasteiger partial charge >= 0.3 is 0 Å². The summed E-state index contributed by atoms with van der Waals surface area (Å²) in [6.07, 6.45) is 4.28. The maximum Gasteiger partial charge on any atom is 0.133 e. The normalized spacial score (nSPS) is 18.1. The number of halogens is 2. The van der Waals surface area contributed by atoms with E-state index in [0.717, 1.165) is 35.0 Å². The van der Waals surface area contributed by atoms with E-state index in [1.807, 2.05) is 18.2 Å². The highest BCUT2D eigenvalue weighted by atomic mass is 79.9. The summed E-state index contributed by atoms with van der Waals surface area (Å²) in [5.74, 6) is 0.810. The Morgan fingerprint density at radius 1 is 1.29 bits per heavy atom. The molecule has 1 aromatic carbocycles. The van der Waals surface area contributed by atoms with Gasteiger partial charge < -0.3 is 14.2 Å². The molecule has 0 spiro atoms. The third-order valence-electron chi connectivity index (χ3n) is 4.11. The summed E-state index contributed by atoms with van der Waals surface area (Å²) < 4.78 is 17.2. The number of benzene rings is 1. The van der Waals surface area contributed by atoms with Gasteiger partial charge in [-0.15, -0.1) is 11.6 Å². The zero-order valence-corrected chi connectivity index (χ0v) is 14.9. The molecular formula is C16H22BrClO3. The third kappa shape index (κ3) is 4.35. The van der Waals surface area contributed by atoms with Gasteiger partial charge in [0.1, 0.15) is 12.4 Å². The minimum absolute atomic E-state index is 0.0213. The smallest absolute Gasteiger partial charge is 0.133 e. The highest BCUT2D eigenvalue weighted by Crippen LogP contribution is 2.44. The standard InChI is InChI=1S/C16H22BrClO3/c1-19-8-9-21-15-5-4-12(10-13(15)17)14(18)11-16(20-2)6-3-7-16/h4-5,10,14H,3,6-9,11H2,1-2H3. The van der Waals surface area contributed by atoms with Crippen LogP contribution in [0.2, 0.25) is 0 Å². The average Bonchev–Trinajstić information content (AvgIpc) is 2.44. The quantitative estimate of drug-likeness (QED) is 0.485. The van der Waals surface area contributed by atoms with E-state index in [0.29, 0.717) is 13.2 Å². The number of methoxy groups -OCH3 is 2. The van der Waals surface area contributed by atoms with Crippen molar-refractivity contribution < 1.29 is 14.2 Å². The second-order valence-electron chi connectivity index (χ2n) is 5.44. The second-order valence-corrected chi connectivity index (χ2v) is 6.82. The van der Waals surface area contributed by atoms with Gasteiger partial charge in [-0.25, -0.2) is 0 Å². The van der Waals surface area contributed by atoms with Gasteiger partial charge in [-0.3, -0.25) is 0 Å². The lowest BCUT2D eigenvalue weighted by molar-refractivity contribution is -0.0780. The molecule has 0 bridgehead atoms. The highest BCUT2D eigenvalue weighted by Gasteiger charge is 2.39. The molecule has 0 heterocycles. The number of rotatable bonds is 8. The Kier molecular flexibility index (Phi) is 6.35. The Hall–Kier alpha value is -0.290. The first kappa shape index (κ1) is 17.1. The molecule has 1 aliphatic carbocycles. The predicted octanol–water partition coefficient (Wildman–Crippen LogP) is 4.71. The fraction of sp³-hybridized carbons (Fsp3) is 0.625. The van der Waals surface area contributed by atoms with Crippen LogP contribution < -0.4 is 4.74 Å². The molecule has 0 radical (unpaired) electrons. The lowest BCUT2D eigenvalue weighted by Crippen LogP contribution is -2.39. The number of hydrogen-bond acceptors (Lipinski definition) is 3. The summed E-state index contributed by atoms with van der Waals surface area (Å²) in [5, 5.41) is -0.0467. The van der Waals surface area contributed by atoms with Crippen molar-refractivity contribution in [3.8, 4) is 5.75 Å². The molecule has 1 fully saturated rings. The van der Waals surface area contributed by atoms with E-state index >= 15 is 0 Å². The summed E-state index contributed by atoms with van der Waals surface area (Å²) in [6, 6.07) is 6.00. The molecule has 1 unspecified atom stereocenters. The van der Waals surface area contributed by atoms with Gasteiger partial charge in [0.2, 0.25) is 0 Å². The van der Waals surface area contributed by atoms with Crippen molar-refractivity contribution >= 4 is 27.5 Å². The lowest BCUT2D eigenvalue weighted by Gasteiger charge is -2.41. The molecule has 0 amide bonds. The van der Waals surface area contributed by atoms with E-state index in [1.54, 1.807) is 14.2 Å². The topological polar surface area (TPSA) is 27.7 Å². The van der Waals surface area contributed by atoms with E-state index < -0.39 is 0 Å². The molecule has 0 aromatic heterocycles. The van der Waals surface area contributed by atoms with Crippen LogP contribution in [0.15, 0.2) is 22.7 Å². The van der Waals surface area contributed by atoms with E-state index in [9.17, 15) is 0 Å². The van der Waals surface area contributed by atoms with Crippen molar-refractivity contribution in [2.45, 2.75) is 36.7 Å². The van der Waals surface area contributed by atoms with Crippen LogP contribution in [0.3, 0.4) is 0 Å². The number of alkyl halides is 1. The van der Waals surface area contributed by atoms with Crippen LogP contribution in [-0.4, -0.2) is 33.0 Å². The van der Waals surface area contributed by atoms with Crippen molar-refractivity contribution in [1.29, 1.82) is 0 Å². The molecule has 1 aromatic rings. The molecular weight excluding hydrogens is 356 g/mol. The largest absolute Gasteiger partial charge is 0.490 e. The van der Waals surface area contributed by atoms with E-state index in [2.05, 4.69) is 15.9 Å². The minimum Gasteiger partial charge on any atom is -0.490 e. The first-order chi connectivity index (χ1) is 10.1. The second kappa shape index (κ2) is 7.82. The average molecular weight is 378 g/mol. The van der Waals surface area contributed by atoms with Gasteiger partial charge in [-0.1, -0.05) is 6.07 Å². The molecule has 21 heavy (non-hydrogen) atoms. The van der Waals surface area contributed by atoms with Gasteiger partial charge in [-0.05, 0) is 59.3 Å². The Bertz CT molecular complexity index is 457. The summed E-state index contributed by atoms with van der Waals surface area (Å²) in [6.45, 7) is 1.11. The van der Waals surface area contributed by atoms with Crippen LogP contribution in [0.4, 0.5) is 0 Å². The first-order valence-corrected chi connectivity index (χ1v) is 8.43. The van der Waals surface area contributed by atoms with Crippen LogP contribution in [-0.2, 0) is 9.47 Å². The van der Waals surface area contributed by atoms with Crippen LogP contribution in [0.5, 0.6) is 5.75 Å². The molecule has 5 heteroatoms. The van der Waals surface area contributed by atoms with Crippen LogP contribution in [0.25, 0.3) is 0 Å². The summed E-state index contributed by atoms with van der Waals surface area (Å²) >= 11 is 10.1. The summed E-state index contributed by atoms with van der Waals surface area (Å²) in [5.41, 5.74) is 1.07. The SMILES string of the molecule is COCCOc1ccc(C(Cl)CC2(OC)CCC2)cc1Br. The van der Waals surface area contributed by atoms with E-state index in [1.165, 1.54) is 6.42 Å². The van der Waals surface area contributed by atoms with Gasteiger partial charge in [0, 0.05) is 14.2 Å².